The maximum absolute atomic E-state index is 12.1. The van der Waals surface area contributed by atoms with Gasteiger partial charge in [-0.05, 0) is 37.0 Å². The first kappa shape index (κ1) is 12.9. The van der Waals surface area contributed by atoms with Crippen LogP contribution in [0.2, 0.25) is 10.0 Å². The van der Waals surface area contributed by atoms with Gasteiger partial charge in [-0.15, -0.1) is 0 Å². The van der Waals surface area contributed by atoms with Gasteiger partial charge in [0.25, 0.3) is 0 Å². The minimum absolute atomic E-state index is 0.112. The van der Waals surface area contributed by atoms with E-state index in [2.05, 4.69) is 0 Å². The van der Waals surface area contributed by atoms with E-state index in [1.165, 1.54) is 0 Å². The van der Waals surface area contributed by atoms with E-state index in [0.717, 1.165) is 26.1 Å². The van der Waals surface area contributed by atoms with Crippen LogP contribution in [0.3, 0.4) is 0 Å². The van der Waals surface area contributed by atoms with E-state index in [1.54, 1.807) is 18.2 Å². The fourth-order valence-corrected chi connectivity index (χ4v) is 2.57. The number of hydrogen-bond acceptors (Lipinski definition) is 2. The summed E-state index contributed by atoms with van der Waals surface area (Å²) in [7, 11) is 0. The maximum atomic E-state index is 12.1. The normalized spacial score (nSPS) is 17.1. The highest BCUT2D eigenvalue weighted by Crippen LogP contribution is 2.24. The molecule has 0 N–H and O–H groups in total. The average molecular weight is 273 g/mol. The molecular weight excluding hydrogens is 259 g/mol. The molecule has 92 valence electrons. The van der Waals surface area contributed by atoms with Gasteiger partial charge in [0.2, 0.25) is 0 Å². The molecule has 1 heterocycles. The molecule has 1 saturated heterocycles. The first-order valence-corrected chi connectivity index (χ1v) is 6.48. The van der Waals surface area contributed by atoms with Crippen LogP contribution in [0.1, 0.15) is 29.6 Å². The summed E-state index contributed by atoms with van der Waals surface area (Å²) in [6.45, 7) is 1.52. The third kappa shape index (κ3) is 3.70. The summed E-state index contributed by atoms with van der Waals surface area (Å²) in [4.78, 5) is 12.1. The molecule has 0 aliphatic carbocycles. The number of rotatable bonds is 3. The van der Waals surface area contributed by atoms with E-state index in [4.69, 9.17) is 27.9 Å². The number of benzene rings is 1. The van der Waals surface area contributed by atoms with E-state index in [1.807, 2.05) is 0 Å². The molecular formula is C13H14Cl2O2. The van der Waals surface area contributed by atoms with Gasteiger partial charge in [-0.1, -0.05) is 23.2 Å². The van der Waals surface area contributed by atoms with Crippen molar-refractivity contribution in [1.29, 1.82) is 0 Å². The SMILES string of the molecule is O=C(CC1CCOCC1)c1cc(Cl)cc(Cl)c1. The van der Waals surface area contributed by atoms with Crippen molar-refractivity contribution in [3.63, 3.8) is 0 Å². The molecule has 1 aromatic rings. The number of carbonyl (C=O) groups is 1. The number of ketones is 1. The van der Waals surface area contributed by atoms with Crippen LogP contribution in [0, 0.1) is 5.92 Å². The predicted octanol–water partition coefficient (Wildman–Crippen LogP) is 3.99. The molecule has 0 unspecified atom stereocenters. The lowest BCUT2D eigenvalue weighted by Gasteiger charge is -2.21. The maximum Gasteiger partial charge on any atom is 0.163 e. The molecule has 1 aromatic carbocycles. The van der Waals surface area contributed by atoms with Gasteiger partial charge in [-0.2, -0.15) is 0 Å². The summed E-state index contributed by atoms with van der Waals surface area (Å²) in [5.74, 6) is 0.537. The van der Waals surface area contributed by atoms with Gasteiger partial charge in [0.15, 0.2) is 5.78 Å². The zero-order valence-corrected chi connectivity index (χ0v) is 10.9. The van der Waals surface area contributed by atoms with Crippen LogP contribution in [-0.2, 0) is 4.74 Å². The molecule has 1 fully saturated rings. The largest absolute Gasteiger partial charge is 0.381 e. The molecule has 2 rings (SSSR count). The van der Waals surface area contributed by atoms with Gasteiger partial charge in [-0.25, -0.2) is 0 Å². The van der Waals surface area contributed by atoms with E-state index in [0.29, 0.717) is 27.9 Å². The highest BCUT2D eigenvalue weighted by Gasteiger charge is 2.18. The molecule has 0 atom stereocenters. The smallest absolute Gasteiger partial charge is 0.163 e. The van der Waals surface area contributed by atoms with Crippen LogP contribution in [0.5, 0.6) is 0 Å². The number of ether oxygens (including phenoxy) is 1. The Bertz CT molecular complexity index is 392. The number of Topliss-reactive ketones (excluding diaryl/α,β-unsaturated/α-hetero) is 1. The highest BCUT2D eigenvalue weighted by atomic mass is 35.5. The molecule has 0 amide bonds. The van der Waals surface area contributed by atoms with Crippen molar-refractivity contribution < 1.29 is 9.53 Å². The molecule has 4 heteroatoms. The fourth-order valence-electron chi connectivity index (χ4n) is 2.05. The summed E-state index contributed by atoms with van der Waals surface area (Å²) in [6.07, 6.45) is 2.47. The van der Waals surface area contributed by atoms with Crippen LogP contribution in [-0.4, -0.2) is 19.0 Å². The summed E-state index contributed by atoms with van der Waals surface area (Å²) < 4.78 is 5.27. The van der Waals surface area contributed by atoms with Gasteiger partial charge in [-0.3, -0.25) is 4.79 Å². The first-order chi connectivity index (χ1) is 8.15. The van der Waals surface area contributed by atoms with Crippen molar-refractivity contribution >= 4 is 29.0 Å². The van der Waals surface area contributed by atoms with Crippen molar-refractivity contribution in [2.45, 2.75) is 19.3 Å². The van der Waals surface area contributed by atoms with E-state index in [-0.39, 0.29) is 5.78 Å². The molecule has 0 saturated carbocycles. The molecule has 0 spiro atoms. The third-order valence-corrected chi connectivity index (χ3v) is 3.44. The molecule has 17 heavy (non-hydrogen) atoms. The van der Waals surface area contributed by atoms with Gasteiger partial charge in [0.05, 0.1) is 0 Å². The molecule has 0 aromatic heterocycles. The average Bonchev–Trinajstić information content (AvgIpc) is 2.29. The predicted molar refractivity (Wildman–Crippen MR) is 69.0 cm³/mol. The number of hydrogen-bond donors (Lipinski definition) is 0. The van der Waals surface area contributed by atoms with Crippen LogP contribution in [0.4, 0.5) is 0 Å². The summed E-state index contributed by atoms with van der Waals surface area (Å²) in [5.41, 5.74) is 0.606. The van der Waals surface area contributed by atoms with Crippen molar-refractivity contribution in [3.05, 3.63) is 33.8 Å². The van der Waals surface area contributed by atoms with Crippen molar-refractivity contribution in [3.8, 4) is 0 Å². The van der Waals surface area contributed by atoms with Crippen molar-refractivity contribution in [2.75, 3.05) is 13.2 Å². The summed E-state index contributed by atoms with van der Waals surface area (Å²) in [5, 5.41) is 1.01. The lowest BCUT2D eigenvalue weighted by atomic mass is 9.92. The lowest BCUT2D eigenvalue weighted by Crippen LogP contribution is -2.18. The van der Waals surface area contributed by atoms with E-state index in [9.17, 15) is 4.79 Å². The Balaban J connectivity index is 2.03. The monoisotopic (exact) mass is 272 g/mol. The Morgan fingerprint density at radius 3 is 2.35 bits per heavy atom. The zero-order chi connectivity index (χ0) is 12.3. The second-order valence-electron chi connectivity index (χ2n) is 4.34. The fraction of sp³-hybridized carbons (Fsp3) is 0.462. The highest BCUT2D eigenvalue weighted by molar-refractivity contribution is 6.35. The second-order valence-corrected chi connectivity index (χ2v) is 5.21. The van der Waals surface area contributed by atoms with Crippen LogP contribution >= 0.6 is 23.2 Å². The minimum atomic E-state index is 0.112. The first-order valence-electron chi connectivity index (χ1n) is 5.72. The lowest BCUT2D eigenvalue weighted by molar-refractivity contribution is 0.0601. The van der Waals surface area contributed by atoms with E-state index >= 15 is 0 Å². The second kappa shape index (κ2) is 5.85. The van der Waals surface area contributed by atoms with Gasteiger partial charge >= 0.3 is 0 Å². The Morgan fingerprint density at radius 2 is 1.76 bits per heavy atom. The van der Waals surface area contributed by atoms with E-state index < -0.39 is 0 Å². The number of halogens is 2. The van der Waals surface area contributed by atoms with Gasteiger partial charge < -0.3 is 4.74 Å². The summed E-state index contributed by atoms with van der Waals surface area (Å²) in [6, 6.07) is 4.98. The molecule has 0 bridgehead atoms. The van der Waals surface area contributed by atoms with Crippen molar-refractivity contribution in [1.82, 2.24) is 0 Å². The Labute approximate surface area is 111 Å². The molecule has 1 aliphatic rings. The topological polar surface area (TPSA) is 26.3 Å². The van der Waals surface area contributed by atoms with Crippen LogP contribution in [0.15, 0.2) is 18.2 Å². The Kier molecular flexibility index (Phi) is 4.43. The number of carbonyl (C=O) groups excluding carboxylic acids is 1. The Hall–Kier alpha value is -0.570. The van der Waals surface area contributed by atoms with Crippen LogP contribution in [0.25, 0.3) is 0 Å². The third-order valence-electron chi connectivity index (χ3n) is 3.00. The van der Waals surface area contributed by atoms with Gasteiger partial charge in [0.1, 0.15) is 0 Å². The molecule has 0 radical (unpaired) electrons. The molecule has 2 nitrogen and oxygen atoms in total. The molecule has 1 aliphatic heterocycles. The van der Waals surface area contributed by atoms with Gasteiger partial charge in [0, 0.05) is 35.2 Å². The Morgan fingerprint density at radius 1 is 1.18 bits per heavy atom. The van der Waals surface area contributed by atoms with Crippen molar-refractivity contribution in [2.24, 2.45) is 5.92 Å². The zero-order valence-electron chi connectivity index (χ0n) is 9.42. The quantitative estimate of drug-likeness (QED) is 0.778. The standard InChI is InChI=1S/C13H14Cl2O2/c14-11-6-10(7-12(15)8-11)13(16)5-9-1-3-17-4-2-9/h6-9H,1-5H2. The summed E-state index contributed by atoms with van der Waals surface area (Å²) >= 11 is 11.8. The minimum Gasteiger partial charge on any atom is -0.381 e. The van der Waals surface area contributed by atoms with Crippen LogP contribution < -0.4 is 0 Å².